The van der Waals surface area contributed by atoms with E-state index in [1.165, 1.54) is 31.0 Å². The summed E-state index contributed by atoms with van der Waals surface area (Å²) in [5.41, 5.74) is 0. The molecule has 0 spiro atoms. The van der Waals surface area contributed by atoms with Crippen molar-refractivity contribution in [3.8, 4) is 5.75 Å². The Balaban J connectivity index is 1.45. The first-order chi connectivity index (χ1) is 11.6. The standard InChI is InChI=1S/C17H21ClFNO4/c18-13-7-12(3-4-14(13)19)23-10-17(21)20-15-9-22-6-5-16(15)24-8-11-1-2-11/h3-4,7,11,15-16H,1-2,5-6,8-10H2,(H,20,21). The van der Waals surface area contributed by atoms with Gasteiger partial charge in [0, 0.05) is 19.3 Å². The highest BCUT2D eigenvalue weighted by atomic mass is 35.5. The molecule has 1 aliphatic heterocycles. The van der Waals surface area contributed by atoms with Gasteiger partial charge in [0.1, 0.15) is 11.6 Å². The molecule has 0 radical (unpaired) electrons. The summed E-state index contributed by atoms with van der Waals surface area (Å²) in [4.78, 5) is 12.1. The van der Waals surface area contributed by atoms with Crippen molar-refractivity contribution in [2.24, 2.45) is 5.92 Å². The van der Waals surface area contributed by atoms with Gasteiger partial charge >= 0.3 is 0 Å². The maximum atomic E-state index is 13.1. The summed E-state index contributed by atoms with van der Waals surface area (Å²) >= 11 is 5.68. The third-order valence-electron chi connectivity index (χ3n) is 4.14. The van der Waals surface area contributed by atoms with E-state index in [4.69, 9.17) is 25.8 Å². The molecular formula is C17H21ClFNO4. The van der Waals surface area contributed by atoms with Gasteiger partial charge in [-0.3, -0.25) is 4.79 Å². The average Bonchev–Trinajstić information content (AvgIpc) is 3.39. The summed E-state index contributed by atoms with van der Waals surface area (Å²) in [7, 11) is 0. The molecule has 1 N–H and O–H groups in total. The fourth-order valence-electron chi connectivity index (χ4n) is 2.56. The highest BCUT2D eigenvalue weighted by Gasteiger charge is 2.30. The Kier molecular flexibility index (Phi) is 5.92. The first-order valence-electron chi connectivity index (χ1n) is 8.18. The summed E-state index contributed by atoms with van der Waals surface area (Å²) in [5, 5.41) is 2.85. The number of hydrogen-bond donors (Lipinski definition) is 1. The lowest BCUT2D eigenvalue weighted by molar-refractivity contribution is -0.128. The SMILES string of the molecule is O=C(COc1ccc(F)c(Cl)c1)NC1COCCC1OCC1CC1. The lowest BCUT2D eigenvalue weighted by Gasteiger charge is -2.32. The number of carbonyl (C=O) groups excluding carboxylic acids is 1. The smallest absolute Gasteiger partial charge is 0.258 e. The van der Waals surface area contributed by atoms with E-state index in [1.807, 2.05) is 0 Å². The van der Waals surface area contributed by atoms with Crippen LogP contribution in [0.25, 0.3) is 0 Å². The minimum absolute atomic E-state index is 0.0245. The highest BCUT2D eigenvalue weighted by Crippen LogP contribution is 2.30. The average molecular weight is 358 g/mol. The van der Waals surface area contributed by atoms with Crippen LogP contribution in [0.5, 0.6) is 5.75 Å². The van der Waals surface area contributed by atoms with Crippen LogP contribution in [0.1, 0.15) is 19.3 Å². The normalized spacial score (nSPS) is 23.8. The van der Waals surface area contributed by atoms with Gasteiger partial charge < -0.3 is 19.5 Å². The van der Waals surface area contributed by atoms with Gasteiger partial charge in [-0.25, -0.2) is 4.39 Å². The van der Waals surface area contributed by atoms with E-state index < -0.39 is 5.82 Å². The molecule has 24 heavy (non-hydrogen) atoms. The molecule has 1 saturated heterocycles. The van der Waals surface area contributed by atoms with Crippen molar-refractivity contribution in [3.63, 3.8) is 0 Å². The van der Waals surface area contributed by atoms with Crippen molar-refractivity contribution in [3.05, 3.63) is 29.0 Å². The Morgan fingerprint density at radius 3 is 2.96 bits per heavy atom. The Bertz CT molecular complexity index is 582. The van der Waals surface area contributed by atoms with Gasteiger partial charge in [0.2, 0.25) is 0 Å². The molecule has 1 aromatic carbocycles. The van der Waals surface area contributed by atoms with Crippen LogP contribution in [-0.4, -0.2) is 44.5 Å². The predicted octanol–water partition coefficient (Wildman–Crippen LogP) is 2.56. The van der Waals surface area contributed by atoms with E-state index in [-0.39, 0.29) is 29.7 Å². The number of amides is 1. The Hall–Kier alpha value is -1.37. The molecule has 0 aromatic heterocycles. The van der Waals surface area contributed by atoms with Crippen LogP contribution in [0, 0.1) is 11.7 Å². The van der Waals surface area contributed by atoms with Crippen molar-refractivity contribution in [1.82, 2.24) is 5.32 Å². The zero-order valence-electron chi connectivity index (χ0n) is 13.3. The minimum Gasteiger partial charge on any atom is -0.484 e. The maximum absolute atomic E-state index is 13.1. The fraction of sp³-hybridized carbons (Fsp3) is 0.588. The molecule has 2 atom stereocenters. The number of carbonyl (C=O) groups is 1. The van der Waals surface area contributed by atoms with Crippen molar-refractivity contribution in [1.29, 1.82) is 0 Å². The second-order valence-corrected chi connectivity index (χ2v) is 6.62. The summed E-state index contributed by atoms with van der Waals surface area (Å²) in [6.07, 6.45) is 3.21. The highest BCUT2D eigenvalue weighted by molar-refractivity contribution is 6.30. The van der Waals surface area contributed by atoms with E-state index in [9.17, 15) is 9.18 Å². The number of nitrogens with one attached hydrogen (secondary N) is 1. The Morgan fingerprint density at radius 1 is 1.38 bits per heavy atom. The van der Waals surface area contributed by atoms with Crippen molar-refractivity contribution in [2.45, 2.75) is 31.4 Å². The molecule has 2 fully saturated rings. The first-order valence-corrected chi connectivity index (χ1v) is 8.56. The van der Waals surface area contributed by atoms with Crippen LogP contribution < -0.4 is 10.1 Å². The minimum atomic E-state index is -0.525. The zero-order chi connectivity index (χ0) is 16.9. The summed E-state index contributed by atoms with van der Waals surface area (Å²) in [5.74, 6) is 0.225. The molecule has 1 saturated carbocycles. The number of hydrogen-bond acceptors (Lipinski definition) is 4. The maximum Gasteiger partial charge on any atom is 0.258 e. The number of ether oxygens (including phenoxy) is 3. The largest absolute Gasteiger partial charge is 0.484 e. The van der Waals surface area contributed by atoms with Gasteiger partial charge in [-0.05, 0) is 37.3 Å². The molecule has 1 amide bonds. The van der Waals surface area contributed by atoms with E-state index in [0.717, 1.165) is 13.0 Å². The quantitative estimate of drug-likeness (QED) is 0.814. The Labute approximate surface area is 145 Å². The predicted molar refractivity (Wildman–Crippen MR) is 86.7 cm³/mol. The third kappa shape index (κ3) is 5.06. The molecule has 132 valence electrons. The number of rotatable bonds is 7. The van der Waals surface area contributed by atoms with E-state index >= 15 is 0 Å². The molecule has 0 bridgehead atoms. The van der Waals surface area contributed by atoms with Crippen molar-refractivity contribution >= 4 is 17.5 Å². The van der Waals surface area contributed by atoms with Gasteiger partial charge in [-0.1, -0.05) is 11.6 Å². The Morgan fingerprint density at radius 2 is 2.21 bits per heavy atom. The van der Waals surface area contributed by atoms with Crippen LogP contribution in [0.3, 0.4) is 0 Å². The molecule has 1 aromatic rings. The first kappa shape index (κ1) is 17.5. The molecule has 2 unspecified atom stereocenters. The number of benzene rings is 1. The lowest BCUT2D eigenvalue weighted by atomic mass is 10.1. The molecule has 1 heterocycles. The molecule has 1 aliphatic carbocycles. The van der Waals surface area contributed by atoms with E-state index in [1.54, 1.807) is 0 Å². The summed E-state index contributed by atoms with van der Waals surface area (Å²) in [6, 6.07) is 3.80. The lowest BCUT2D eigenvalue weighted by Crippen LogP contribution is -2.51. The monoisotopic (exact) mass is 357 g/mol. The topological polar surface area (TPSA) is 56.8 Å². The van der Waals surface area contributed by atoms with E-state index in [0.29, 0.717) is 24.9 Å². The molecule has 3 rings (SSSR count). The molecule has 2 aliphatic rings. The second-order valence-electron chi connectivity index (χ2n) is 6.22. The molecule has 5 nitrogen and oxygen atoms in total. The summed E-state index contributed by atoms with van der Waals surface area (Å²) < 4.78 is 29.8. The van der Waals surface area contributed by atoms with Crippen molar-refractivity contribution < 1.29 is 23.4 Å². The van der Waals surface area contributed by atoms with Gasteiger partial charge in [0.15, 0.2) is 6.61 Å². The van der Waals surface area contributed by atoms with Gasteiger partial charge in [0.05, 0.1) is 23.8 Å². The van der Waals surface area contributed by atoms with Gasteiger partial charge in [-0.15, -0.1) is 0 Å². The van der Waals surface area contributed by atoms with Crippen molar-refractivity contribution in [2.75, 3.05) is 26.4 Å². The second kappa shape index (κ2) is 8.14. The van der Waals surface area contributed by atoms with Crippen LogP contribution in [-0.2, 0) is 14.3 Å². The van der Waals surface area contributed by atoms with Crippen LogP contribution in [0.15, 0.2) is 18.2 Å². The molecular weight excluding hydrogens is 337 g/mol. The van der Waals surface area contributed by atoms with Crippen LogP contribution >= 0.6 is 11.6 Å². The van der Waals surface area contributed by atoms with Crippen LogP contribution in [0.4, 0.5) is 4.39 Å². The van der Waals surface area contributed by atoms with Gasteiger partial charge in [-0.2, -0.15) is 0 Å². The zero-order valence-corrected chi connectivity index (χ0v) is 14.1. The molecule has 7 heteroatoms. The van der Waals surface area contributed by atoms with Crippen LogP contribution in [0.2, 0.25) is 5.02 Å². The number of halogens is 2. The third-order valence-corrected chi connectivity index (χ3v) is 4.43. The van der Waals surface area contributed by atoms with E-state index in [2.05, 4.69) is 5.32 Å². The van der Waals surface area contributed by atoms with Gasteiger partial charge in [0.25, 0.3) is 5.91 Å². The fourth-order valence-corrected chi connectivity index (χ4v) is 2.73. The summed E-state index contributed by atoms with van der Waals surface area (Å²) in [6.45, 7) is 1.66.